The van der Waals surface area contributed by atoms with Crippen LogP contribution in [0.5, 0.6) is 11.5 Å². The highest BCUT2D eigenvalue weighted by Crippen LogP contribution is 2.34. The van der Waals surface area contributed by atoms with Crippen molar-refractivity contribution in [2.45, 2.75) is 25.7 Å². The van der Waals surface area contributed by atoms with E-state index in [2.05, 4.69) is 5.32 Å². The number of nitrogens with one attached hydrogen (secondary N) is 1. The summed E-state index contributed by atoms with van der Waals surface area (Å²) in [7, 11) is 3.27. The predicted molar refractivity (Wildman–Crippen MR) is 65.5 cm³/mol. The third-order valence-corrected chi connectivity index (χ3v) is 2.93. The molecule has 1 fully saturated rings. The molecule has 0 amide bonds. The van der Waals surface area contributed by atoms with Gasteiger partial charge in [-0.3, -0.25) is 5.32 Å². The Kier molecular flexibility index (Phi) is 3.26. The highest BCUT2D eigenvalue weighted by molar-refractivity contribution is 5.43. The summed E-state index contributed by atoms with van der Waals surface area (Å²) in [5, 5.41) is 3.32. The van der Waals surface area contributed by atoms with E-state index in [0.717, 1.165) is 23.6 Å². The van der Waals surface area contributed by atoms with E-state index in [1.54, 1.807) is 14.2 Å². The van der Waals surface area contributed by atoms with Gasteiger partial charge in [-0.15, -0.1) is 0 Å². The summed E-state index contributed by atoms with van der Waals surface area (Å²) in [6.45, 7) is 4.85. The zero-order chi connectivity index (χ0) is 12.5. The Balaban J connectivity index is 2.23. The molecule has 1 aliphatic rings. The fraction of sp³-hybridized carbons (Fsp3) is 0.538. The molecule has 0 spiro atoms. The average molecular weight is 237 g/mol. The van der Waals surface area contributed by atoms with E-state index in [-0.39, 0.29) is 11.8 Å². The Bertz CT molecular complexity index is 404. The van der Waals surface area contributed by atoms with Crippen LogP contribution in [0.2, 0.25) is 0 Å². The fourth-order valence-electron chi connectivity index (χ4n) is 2.02. The van der Waals surface area contributed by atoms with Crippen molar-refractivity contribution in [1.29, 1.82) is 0 Å². The standard InChI is InChI=1S/C13H19NO3/c1-13(2)14-8-12(17-13)9-5-6-10(15-3)11(7-9)16-4/h5-7,12,14H,8H2,1-4H3. The zero-order valence-corrected chi connectivity index (χ0v) is 10.7. The van der Waals surface area contributed by atoms with Crippen molar-refractivity contribution >= 4 is 0 Å². The van der Waals surface area contributed by atoms with E-state index in [4.69, 9.17) is 14.2 Å². The van der Waals surface area contributed by atoms with Crippen molar-refractivity contribution in [2.24, 2.45) is 0 Å². The van der Waals surface area contributed by atoms with Gasteiger partial charge in [0.2, 0.25) is 0 Å². The maximum atomic E-state index is 5.90. The molecule has 1 atom stereocenters. The topological polar surface area (TPSA) is 39.7 Å². The molecule has 1 aromatic rings. The van der Waals surface area contributed by atoms with Crippen LogP contribution in [0.25, 0.3) is 0 Å². The largest absolute Gasteiger partial charge is 0.493 e. The number of hydrogen-bond donors (Lipinski definition) is 1. The van der Waals surface area contributed by atoms with Gasteiger partial charge in [0.25, 0.3) is 0 Å². The van der Waals surface area contributed by atoms with Gasteiger partial charge in [0.1, 0.15) is 5.72 Å². The number of ether oxygens (including phenoxy) is 3. The second-order valence-corrected chi connectivity index (χ2v) is 4.61. The van der Waals surface area contributed by atoms with Crippen molar-refractivity contribution in [3.63, 3.8) is 0 Å². The number of hydrogen-bond acceptors (Lipinski definition) is 4. The minimum atomic E-state index is -0.266. The monoisotopic (exact) mass is 237 g/mol. The van der Waals surface area contributed by atoms with Gasteiger partial charge in [0, 0.05) is 6.54 Å². The summed E-state index contributed by atoms with van der Waals surface area (Å²) in [5.74, 6) is 1.47. The first kappa shape index (κ1) is 12.2. The molecular formula is C13H19NO3. The van der Waals surface area contributed by atoms with Crippen molar-refractivity contribution in [2.75, 3.05) is 20.8 Å². The summed E-state index contributed by atoms with van der Waals surface area (Å²) in [6.07, 6.45) is 0.0600. The quantitative estimate of drug-likeness (QED) is 0.874. The molecular weight excluding hydrogens is 218 g/mol. The third-order valence-electron chi connectivity index (χ3n) is 2.93. The Hall–Kier alpha value is -1.26. The number of benzene rings is 1. The molecule has 0 aromatic heterocycles. The van der Waals surface area contributed by atoms with Gasteiger partial charge in [0.15, 0.2) is 11.5 Å². The molecule has 1 aliphatic heterocycles. The van der Waals surface area contributed by atoms with Gasteiger partial charge in [-0.05, 0) is 31.5 Å². The molecule has 1 heterocycles. The molecule has 0 aliphatic carbocycles. The first-order valence-corrected chi connectivity index (χ1v) is 5.70. The van der Waals surface area contributed by atoms with E-state index in [0.29, 0.717) is 0 Å². The lowest BCUT2D eigenvalue weighted by atomic mass is 10.1. The van der Waals surface area contributed by atoms with E-state index in [1.807, 2.05) is 32.0 Å². The summed E-state index contributed by atoms with van der Waals surface area (Å²) < 4.78 is 16.4. The molecule has 2 rings (SSSR count). The zero-order valence-electron chi connectivity index (χ0n) is 10.7. The summed E-state index contributed by atoms with van der Waals surface area (Å²) in [4.78, 5) is 0. The first-order chi connectivity index (χ1) is 8.05. The highest BCUT2D eigenvalue weighted by Gasteiger charge is 2.32. The number of rotatable bonds is 3. The smallest absolute Gasteiger partial charge is 0.161 e. The van der Waals surface area contributed by atoms with Gasteiger partial charge in [0.05, 0.1) is 20.3 Å². The Morgan fingerprint density at radius 1 is 1.24 bits per heavy atom. The van der Waals surface area contributed by atoms with Crippen molar-refractivity contribution in [1.82, 2.24) is 5.32 Å². The van der Waals surface area contributed by atoms with E-state index in [9.17, 15) is 0 Å². The minimum absolute atomic E-state index is 0.0600. The molecule has 1 aromatic carbocycles. The molecule has 4 heteroatoms. The Morgan fingerprint density at radius 3 is 2.47 bits per heavy atom. The molecule has 0 saturated carbocycles. The van der Waals surface area contributed by atoms with Gasteiger partial charge in [-0.2, -0.15) is 0 Å². The summed E-state index contributed by atoms with van der Waals surface area (Å²) in [6, 6.07) is 5.88. The van der Waals surface area contributed by atoms with E-state index in [1.165, 1.54) is 0 Å². The van der Waals surface area contributed by atoms with Crippen LogP contribution in [-0.2, 0) is 4.74 Å². The van der Waals surface area contributed by atoms with Crippen molar-refractivity contribution in [3.8, 4) is 11.5 Å². The fourth-order valence-corrected chi connectivity index (χ4v) is 2.02. The lowest BCUT2D eigenvalue weighted by Gasteiger charge is -2.19. The molecule has 4 nitrogen and oxygen atoms in total. The first-order valence-electron chi connectivity index (χ1n) is 5.70. The van der Waals surface area contributed by atoms with Crippen molar-refractivity contribution < 1.29 is 14.2 Å². The van der Waals surface area contributed by atoms with Crippen molar-refractivity contribution in [3.05, 3.63) is 23.8 Å². The summed E-state index contributed by atoms with van der Waals surface area (Å²) in [5.41, 5.74) is 0.832. The van der Waals surface area contributed by atoms with Crippen LogP contribution in [0, 0.1) is 0 Å². The number of methoxy groups -OCH3 is 2. The van der Waals surface area contributed by atoms with Crippen LogP contribution in [0.3, 0.4) is 0 Å². The lowest BCUT2D eigenvalue weighted by Crippen LogP contribution is -2.33. The van der Waals surface area contributed by atoms with E-state index >= 15 is 0 Å². The lowest BCUT2D eigenvalue weighted by molar-refractivity contribution is -0.0241. The molecule has 17 heavy (non-hydrogen) atoms. The van der Waals surface area contributed by atoms with E-state index < -0.39 is 0 Å². The van der Waals surface area contributed by atoms with Crippen LogP contribution >= 0.6 is 0 Å². The highest BCUT2D eigenvalue weighted by atomic mass is 16.5. The molecule has 1 N–H and O–H groups in total. The molecule has 1 saturated heterocycles. The second-order valence-electron chi connectivity index (χ2n) is 4.61. The van der Waals surface area contributed by atoms with Gasteiger partial charge in [-0.1, -0.05) is 6.07 Å². The maximum Gasteiger partial charge on any atom is 0.161 e. The average Bonchev–Trinajstić information content (AvgIpc) is 2.68. The van der Waals surface area contributed by atoms with Crippen LogP contribution in [-0.4, -0.2) is 26.5 Å². The van der Waals surface area contributed by atoms with Gasteiger partial charge >= 0.3 is 0 Å². The molecule has 0 bridgehead atoms. The van der Waals surface area contributed by atoms with Crippen LogP contribution in [0.15, 0.2) is 18.2 Å². The normalized spacial score (nSPS) is 22.5. The molecule has 94 valence electrons. The summed E-state index contributed by atoms with van der Waals surface area (Å²) >= 11 is 0. The Labute approximate surface area is 102 Å². The third kappa shape index (κ3) is 2.53. The SMILES string of the molecule is COc1ccc(C2CNC(C)(C)O2)cc1OC. The van der Waals surface area contributed by atoms with Crippen LogP contribution < -0.4 is 14.8 Å². The van der Waals surface area contributed by atoms with Crippen LogP contribution in [0.1, 0.15) is 25.5 Å². The minimum Gasteiger partial charge on any atom is -0.493 e. The van der Waals surface area contributed by atoms with Gasteiger partial charge < -0.3 is 14.2 Å². The molecule has 0 radical (unpaired) electrons. The van der Waals surface area contributed by atoms with Crippen LogP contribution in [0.4, 0.5) is 0 Å². The Morgan fingerprint density at radius 2 is 1.94 bits per heavy atom. The maximum absolute atomic E-state index is 5.90. The van der Waals surface area contributed by atoms with Gasteiger partial charge in [-0.25, -0.2) is 0 Å². The predicted octanol–water partition coefficient (Wildman–Crippen LogP) is 2.10. The second kappa shape index (κ2) is 4.55. The molecule has 1 unspecified atom stereocenters.